The number of benzene rings is 2. The largest absolute Gasteiger partial charge is 0.454 e. The fourth-order valence-electron chi connectivity index (χ4n) is 6.41. The average Bonchev–Trinajstić information content (AvgIpc) is 3.84. The van der Waals surface area contributed by atoms with Crippen molar-refractivity contribution >= 4 is 27.9 Å². The summed E-state index contributed by atoms with van der Waals surface area (Å²) in [7, 11) is -4.22. The van der Waals surface area contributed by atoms with Crippen molar-refractivity contribution in [1.82, 2.24) is 20.3 Å². The average molecular weight is 733 g/mol. The second-order valence-corrected chi connectivity index (χ2v) is 15.8. The lowest BCUT2D eigenvalue weighted by molar-refractivity contribution is -0.125. The van der Waals surface area contributed by atoms with E-state index in [1.54, 1.807) is 0 Å². The van der Waals surface area contributed by atoms with Gasteiger partial charge in [-0.2, -0.15) is 4.31 Å². The number of aliphatic hydroxyl groups excluding tert-OH is 1. The molecule has 16 heteroatoms. The highest BCUT2D eigenvalue weighted by Gasteiger charge is 2.44. The van der Waals surface area contributed by atoms with Crippen molar-refractivity contribution in [1.29, 1.82) is 0 Å². The fraction of sp³-hybridized carbons (Fsp3) is 0.571. The minimum Gasteiger partial charge on any atom is -0.454 e. The molecule has 2 aromatic carbocycles. The lowest BCUT2D eigenvalue weighted by atomic mass is 9.87. The van der Waals surface area contributed by atoms with Gasteiger partial charge in [-0.15, -0.1) is 0 Å². The van der Waals surface area contributed by atoms with Gasteiger partial charge in [0.25, 0.3) is 0 Å². The molecule has 3 amide bonds. The van der Waals surface area contributed by atoms with Gasteiger partial charge in [0.05, 0.1) is 42.7 Å². The van der Waals surface area contributed by atoms with Gasteiger partial charge < -0.3 is 44.7 Å². The predicted octanol–water partition coefficient (Wildman–Crippen LogP) is 1.92. The van der Waals surface area contributed by atoms with Gasteiger partial charge in [-0.25, -0.2) is 13.2 Å². The maximum atomic E-state index is 14.3. The van der Waals surface area contributed by atoms with E-state index in [0.29, 0.717) is 43.9 Å². The normalized spacial score (nSPS) is 20.8. The van der Waals surface area contributed by atoms with Crippen LogP contribution in [0.5, 0.6) is 11.5 Å². The van der Waals surface area contributed by atoms with Gasteiger partial charge in [-0.05, 0) is 48.8 Å². The highest BCUT2D eigenvalue weighted by molar-refractivity contribution is 7.89. The number of carbonyl (C=O) groups is 3. The standard InChI is InChI=1S/C35H48N4O11S/c1-23(40)37-18-32(42)36-14-7-13-35(2,3)21-39(51(44,45)25-10-11-29-30(17-25)49-22-48-29)19-28(41)27(16-24-8-5-4-6-9-24)38-34(43)50-31-20-47-33-26(31)12-15-46-33/h4-6,8-11,17,26-28,31,33,41H,7,12-16,18-22H2,1-3H3,(H,36,42)(H,37,40)(H,38,43)/t26-,27-,28+,31-,33+/m0/s1. The van der Waals surface area contributed by atoms with Crippen LogP contribution < -0.4 is 25.4 Å². The Morgan fingerprint density at radius 3 is 2.59 bits per heavy atom. The second kappa shape index (κ2) is 17.0. The van der Waals surface area contributed by atoms with Crippen molar-refractivity contribution in [2.24, 2.45) is 11.3 Å². The molecule has 3 heterocycles. The Bertz CT molecular complexity index is 1620. The molecule has 0 radical (unpaired) electrons. The zero-order chi connectivity index (χ0) is 36.6. The van der Waals surface area contributed by atoms with Crippen LogP contribution in [0.3, 0.4) is 0 Å². The lowest BCUT2D eigenvalue weighted by Crippen LogP contribution is -2.52. The fourth-order valence-corrected chi connectivity index (χ4v) is 8.07. The zero-order valence-electron chi connectivity index (χ0n) is 29.2. The summed E-state index contributed by atoms with van der Waals surface area (Å²) in [5.41, 5.74) is 0.205. The SMILES string of the molecule is CC(=O)NCC(=O)NCCCC(C)(C)CN(C[C@@H](O)[C@H](Cc1ccccc1)NC(=O)O[C@H]1CO[C@H]2OCC[C@H]21)S(=O)(=O)c1ccc2c(c1)OCO2. The van der Waals surface area contributed by atoms with Crippen molar-refractivity contribution in [2.75, 3.05) is 46.2 Å². The zero-order valence-corrected chi connectivity index (χ0v) is 30.0. The topological polar surface area (TPSA) is 191 Å². The first-order chi connectivity index (χ1) is 24.3. The summed E-state index contributed by atoms with van der Waals surface area (Å²) >= 11 is 0. The molecular weight excluding hydrogens is 684 g/mol. The van der Waals surface area contributed by atoms with E-state index in [9.17, 15) is 27.9 Å². The summed E-state index contributed by atoms with van der Waals surface area (Å²) in [5.74, 6) is 0.00285. The highest BCUT2D eigenvalue weighted by atomic mass is 32.2. The van der Waals surface area contributed by atoms with E-state index in [2.05, 4.69) is 16.0 Å². The predicted molar refractivity (Wildman–Crippen MR) is 183 cm³/mol. The molecule has 0 unspecified atom stereocenters. The summed E-state index contributed by atoms with van der Waals surface area (Å²) in [5, 5.41) is 19.8. The monoisotopic (exact) mass is 732 g/mol. The number of fused-ring (bicyclic) bond motifs is 2. The van der Waals surface area contributed by atoms with Crippen LogP contribution in [0.25, 0.3) is 0 Å². The summed E-state index contributed by atoms with van der Waals surface area (Å²) in [6, 6.07) is 12.7. The Hall–Kier alpha value is -3.96. The number of sulfonamides is 1. The Balaban J connectivity index is 1.32. The first-order valence-electron chi connectivity index (χ1n) is 17.1. The number of carbonyl (C=O) groups excluding carboxylic acids is 3. The minimum atomic E-state index is -4.22. The van der Waals surface area contributed by atoms with Gasteiger partial charge in [0.1, 0.15) is 6.10 Å². The van der Waals surface area contributed by atoms with Gasteiger partial charge in [0.2, 0.25) is 28.6 Å². The van der Waals surface area contributed by atoms with Crippen molar-refractivity contribution in [3.05, 3.63) is 54.1 Å². The van der Waals surface area contributed by atoms with E-state index in [4.69, 9.17) is 23.7 Å². The molecule has 0 aliphatic carbocycles. The van der Waals surface area contributed by atoms with E-state index >= 15 is 0 Å². The molecule has 2 fully saturated rings. The molecule has 15 nitrogen and oxygen atoms in total. The maximum Gasteiger partial charge on any atom is 0.407 e. The lowest BCUT2D eigenvalue weighted by Gasteiger charge is -2.35. The van der Waals surface area contributed by atoms with E-state index in [-0.39, 0.29) is 62.1 Å². The molecule has 51 heavy (non-hydrogen) atoms. The number of amides is 3. The number of rotatable bonds is 17. The molecule has 0 aromatic heterocycles. The van der Waals surface area contributed by atoms with Gasteiger partial charge in [-0.1, -0.05) is 44.2 Å². The third-order valence-electron chi connectivity index (χ3n) is 9.14. The minimum absolute atomic E-state index is 0.00561. The second-order valence-electron chi connectivity index (χ2n) is 13.8. The molecule has 5 rings (SSSR count). The van der Waals surface area contributed by atoms with Crippen LogP contribution in [0.15, 0.2) is 53.4 Å². The number of hydrogen-bond donors (Lipinski definition) is 4. The molecule has 4 N–H and O–H groups in total. The van der Waals surface area contributed by atoms with Gasteiger partial charge in [0.15, 0.2) is 17.8 Å². The number of hydrogen-bond acceptors (Lipinski definition) is 11. The Morgan fingerprint density at radius 1 is 1.06 bits per heavy atom. The first kappa shape index (κ1) is 38.3. The molecular formula is C35H48N4O11S. The van der Waals surface area contributed by atoms with E-state index in [0.717, 1.165) is 5.56 Å². The van der Waals surface area contributed by atoms with Crippen LogP contribution in [-0.4, -0.2) is 106 Å². The quantitative estimate of drug-likeness (QED) is 0.174. The van der Waals surface area contributed by atoms with Crippen molar-refractivity contribution in [2.45, 2.75) is 75.9 Å². The molecule has 0 saturated carbocycles. The Labute approximate surface area is 298 Å². The van der Waals surface area contributed by atoms with Crippen molar-refractivity contribution < 1.29 is 51.6 Å². The van der Waals surface area contributed by atoms with Crippen LogP contribution in [-0.2, 0) is 40.2 Å². The molecule has 0 bridgehead atoms. The van der Waals surface area contributed by atoms with Crippen LogP contribution >= 0.6 is 0 Å². The van der Waals surface area contributed by atoms with Gasteiger partial charge >= 0.3 is 6.09 Å². The number of ether oxygens (including phenoxy) is 5. The summed E-state index contributed by atoms with van der Waals surface area (Å²) in [6.07, 6.45) is -1.07. The van der Waals surface area contributed by atoms with Crippen molar-refractivity contribution in [3.8, 4) is 11.5 Å². The highest BCUT2D eigenvalue weighted by Crippen LogP contribution is 2.36. The van der Waals surface area contributed by atoms with Crippen LogP contribution in [0.1, 0.15) is 45.6 Å². The summed E-state index contributed by atoms with van der Waals surface area (Å²) in [4.78, 5) is 36.4. The molecule has 3 aliphatic heterocycles. The van der Waals surface area contributed by atoms with E-state index in [1.165, 1.54) is 29.4 Å². The first-order valence-corrected chi connectivity index (χ1v) is 18.6. The summed E-state index contributed by atoms with van der Waals surface area (Å²) < 4.78 is 57.6. The third kappa shape index (κ3) is 10.5. The number of nitrogens with zero attached hydrogens (tertiary/aromatic N) is 1. The molecule has 280 valence electrons. The van der Waals surface area contributed by atoms with Crippen LogP contribution in [0, 0.1) is 11.3 Å². The molecule has 5 atom stereocenters. The van der Waals surface area contributed by atoms with Crippen molar-refractivity contribution in [3.63, 3.8) is 0 Å². The Kier molecular flexibility index (Phi) is 12.8. The Morgan fingerprint density at radius 2 is 1.82 bits per heavy atom. The van der Waals surface area contributed by atoms with E-state index in [1.807, 2.05) is 44.2 Å². The number of nitrogens with one attached hydrogen (secondary N) is 3. The molecule has 2 aromatic rings. The van der Waals surface area contributed by atoms with E-state index < -0.39 is 46.1 Å². The molecule has 3 aliphatic rings. The maximum absolute atomic E-state index is 14.3. The molecule has 2 saturated heterocycles. The number of alkyl carbamates (subject to hydrolysis) is 1. The van der Waals surface area contributed by atoms with Crippen LogP contribution in [0.2, 0.25) is 0 Å². The third-order valence-corrected chi connectivity index (χ3v) is 10.9. The summed E-state index contributed by atoms with van der Waals surface area (Å²) in [6.45, 7) is 5.67. The molecule has 0 spiro atoms. The van der Waals surface area contributed by atoms with Gasteiger partial charge in [0, 0.05) is 32.6 Å². The number of aliphatic hydroxyl groups is 1. The smallest absolute Gasteiger partial charge is 0.407 e. The van der Waals surface area contributed by atoms with Gasteiger partial charge in [-0.3, -0.25) is 9.59 Å². The van der Waals surface area contributed by atoms with Crippen LogP contribution in [0.4, 0.5) is 4.79 Å².